The van der Waals surface area contributed by atoms with Gasteiger partial charge in [0.1, 0.15) is 5.82 Å². The molecule has 3 aliphatic rings. The van der Waals surface area contributed by atoms with Gasteiger partial charge in [0.25, 0.3) is 5.91 Å². The van der Waals surface area contributed by atoms with Crippen LogP contribution in [0, 0.1) is 0 Å². The summed E-state index contributed by atoms with van der Waals surface area (Å²) in [5.74, 6) is 0.702. The second-order valence-electron chi connectivity index (χ2n) is 9.72. The summed E-state index contributed by atoms with van der Waals surface area (Å²) in [4.78, 5) is 22.8. The van der Waals surface area contributed by atoms with Crippen molar-refractivity contribution in [2.24, 2.45) is 0 Å². The molecule has 3 heterocycles. The highest BCUT2D eigenvalue weighted by Gasteiger charge is 2.39. The quantitative estimate of drug-likeness (QED) is 0.641. The molecule has 0 N–H and O–H groups in total. The van der Waals surface area contributed by atoms with Gasteiger partial charge in [-0.25, -0.2) is 4.98 Å². The van der Waals surface area contributed by atoms with Gasteiger partial charge in [0, 0.05) is 57.1 Å². The minimum Gasteiger partial charge on any atom is -0.354 e. The third-order valence-corrected chi connectivity index (χ3v) is 7.61. The number of carbonyl (C=O) groups is 1. The van der Waals surface area contributed by atoms with Crippen molar-refractivity contribution in [3.63, 3.8) is 0 Å². The Kier molecular flexibility index (Phi) is 6.51. The number of alkyl halides is 3. The lowest BCUT2D eigenvalue weighted by Crippen LogP contribution is -2.64. The zero-order valence-electron chi connectivity index (χ0n) is 19.3. The van der Waals surface area contributed by atoms with Gasteiger partial charge in [-0.2, -0.15) is 13.2 Å². The maximum Gasteiger partial charge on any atom is 0.419 e. The fourth-order valence-corrected chi connectivity index (χ4v) is 5.54. The van der Waals surface area contributed by atoms with E-state index in [0.29, 0.717) is 45.2 Å². The van der Waals surface area contributed by atoms with Crippen molar-refractivity contribution in [1.82, 2.24) is 14.8 Å². The molecule has 5 nitrogen and oxygen atoms in total. The van der Waals surface area contributed by atoms with Crippen molar-refractivity contribution in [3.05, 3.63) is 59.3 Å². The van der Waals surface area contributed by atoms with Gasteiger partial charge in [0.2, 0.25) is 0 Å². The SMILES string of the molecule is O=C(c1ccc(C2CCCCC2)cc1)N1CC(N2CCN(c3ncccc3C(F)(F)F)CC2)C1. The number of aromatic nitrogens is 1. The first-order valence-electron chi connectivity index (χ1n) is 12.3. The number of hydrogen-bond acceptors (Lipinski definition) is 4. The van der Waals surface area contributed by atoms with Crippen LogP contribution in [-0.4, -0.2) is 66.0 Å². The average molecular weight is 473 g/mol. The van der Waals surface area contributed by atoms with Crippen molar-refractivity contribution < 1.29 is 18.0 Å². The number of carbonyl (C=O) groups excluding carboxylic acids is 1. The van der Waals surface area contributed by atoms with Crippen molar-refractivity contribution in [1.29, 1.82) is 0 Å². The van der Waals surface area contributed by atoms with E-state index in [1.165, 1.54) is 49.9 Å². The molecule has 1 amide bonds. The van der Waals surface area contributed by atoms with Gasteiger partial charge in [0.15, 0.2) is 0 Å². The zero-order valence-corrected chi connectivity index (χ0v) is 19.3. The van der Waals surface area contributed by atoms with Crippen molar-refractivity contribution in [3.8, 4) is 0 Å². The van der Waals surface area contributed by atoms with Crippen LogP contribution in [-0.2, 0) is 6.18 Å². The number of rotatable bonds is 4. The molecule has 2 aliphatic heterocycles. The van der Waals surface area contributed by atoms with Gasteiger partial charge in [-0.15, -0.1) is 0 Å². The van der Waals surface area contributed by atoms with Gasteiger partial charge in [-0.3, -0.25) is 9.69 Å². The third kappa shape index (κ3) is 4.78. The number of pyridine rings is 1. The Morgan fingerprint density at radius 2 is 1.59 bits per heavy atom. The first-order valence-corrected chi connectivity index (χ1v) is 12.3. The number of hydrogen-bond donors (Lipinski definition) is 0. The fourth-order valence-electron chi connectivity index (χ4n) is 5.54. The summed E-state index contributed by atoms with van der Waals surface area (Å²) in [5.41, 5.74) is 1.40. The topological polar surface area (TPSA) is 39.7 Å². The van der Waals surface area contributed by atoms with Crippen LogP contribution in [0.4, 0.5) is 19.0 Å². The highest BCUT2D eigenvalue weighted by atomic mass is 19.4. The standard InChI is InChI=1S/C26H31F3N4O/c27-26(28,29)23-7-4-12-30-24(23)32-15-13-31(14-16-32)22-17-33(18-22)25(34)21-10-8-20(9-11-21)19-5-2-1-3-6-19/h4,7-12,19,22H,1-3,5-6,13-18H2. The Bertz CT molecular complexity index is 990. The van der Waals surface area contributed by atoms with Crippen LogP contribution in [0.3, 0.4) is 0 Å². The molecular formula is C26H31F3N4O. The van der Waals surface area contributed by atoms with Crippen molar-refractivity contribution >= 4 is 11.7 Å². The van der Waals surface area contributed by atoms with Gasteiger partial charge < -0.3 is 9.80 Å². The van der Waals surface area contributed by atoms with Crippen LogP contribution in [0.2, 0.25) is 0 Å². The first kappa shape index (κ1) is 23.1. The van der Waals surface area contributed by atoms with Crippen LogP contribution in [0.5, 0.6) is 0 Å². The van der Waals surface area contributed by atoms with E-state index in [1.807, 2.05) is 17.0 Å². The second-order valence-corrected chi connectivity index (χ2v) is 9.72. The van der Waals surface area contributed by atoms with Crippen LogP contribution in [0.15, 0.2) is 42.6 Å². The predicted molar refractivity (Wildman–Crippen MR) is 125 cm³/mol. The van der Waals surface area contributed by atoms with Crippen LogP contribution in [0.1, 0.15) is 59.5 Å². The lowest BCUT2D eigenvalue weighted by molar-refractivity contribution is -0.137. The summed E-state index contributed by atoms with van der Waals surface area (Å²) in [5, 5.41) is 0. The van der Waals surface area contributed by atoms with E-state index >= 15 is 0 Å². The van der Waals surface area contributed by atoms with Gasteiger partial charge >= 0.3 is 6.18 Å². The number of piperazine rings is 1. The molecule has 2 aromatic rings. The molecule has 3 fully saturated rings. The lowest BCUT2D eigenvalue weighted by Gasteiger charge is -2.48. The number of likely N-dealkylation sites (tertiary alicyclic amines) is 1. The van der Waals surface area contributed by atoms with Gasteiger partial charge in [-0.1, -0.05) is 31.4 Å². The molecule has 1 aliphatic carbocycles. The number of anilines is 1. The zero-order chi connectivity index (χ0) is 23.7. The number of nitrogens with zero attached hydrogens (tertiary/aromatic N) is 4. The maximum atomic E-state index is 13.3. The van der Waals surface area contributed by atoms with Crippen molar-refractivity contribution in [2.45, 2.75) is 50.2 Å². The molecule has 182 valence electrons. The van der Waals surface area contributed by atoms with E-state index in [9.17, 15) is 18.0 Å². The molecule has 5 rings (SSSR count). The molecule has 1 aromatic carbocycles. The molecule has 1 aromatic heterocycles. The molecule has 34 heavy (non-hydrogen) atoms. The van der Waals surface area contributed by atoms with E-state index in [2.05, 4.69) is 22.0 Å². The fraction of sp³-hybridized carbons (Fsp3) is 0.538. The predicted octanol–water partition coefficient (Wildman–Crippen LogP) is 4.79. The van der Waals surface area contributed by atoms with E-state index < -0.39 is 11.7 Å². The molecule has 8 heteroatoms. The Balaban J connectivity index is 1.12. The molecule has 0 radical (unpaired) electrons. The first-order chi connectivity index (χ1) is 16.4. The highest BCUT2D eigenvalue weighted by Crippen LogP contribution is 2.36. The van der Waals surface area contributed by atoms with Crippen LogP contribution < -0.4 is 4.90 Å². The largest absolute Gasteiger partial charge is 0.419 e. The Morgan fingerprint density at radius 1 is 0.912 bits per heavy atom. The van der Waals surface area contributed by atoms with E-state index in [0.717, 1.165) is 11.6 Å². The average Bonchev–Trinajstić information content (AvgIpc) is 2.84. The maximum absolute atomic E-state index is 13.3. The lowest BCUT2D eigenvalue weighted by atomic mass is 9.84. The minimum atomic E-state index is -4.41. The van der Waals surface area contributed by atoms with Gasteiger partial charge in [-0.05, 0) is 48.6 Å². The molecule has 2 saturated heterocycles. The van der Waals surface area contributed by atoms with Crippen molar-refractivity contribution in [2.75, 3.05) is 44.2 Å². The second kappa shape index (κ2) is 9.56. The molecular weight excluding hydrogens is 441 g/mol. The molecule has 1 saturated carbocycles. The number of amides is 1. The molecule has 0 spiro atoms. The van der Waals surface area contributed by atoms with Crippen LogP contribution in [0.25, 0.3) is 0 Å². The summed E-state index contributed by atoms with van der Waals surface area (Å²) in [7, 11) is 0. The van der Waals surface area contributed by atoms with E-state index in [-0.39, 0.29) is 17.8 Å². The minimum absolute atomic E-state index is 0.0109. The Morgan fingerprint density at radius 3 is 2.24 bits per heavy atom. The molecule has 0 unspecified atom stereocenters. The van der Waals surface area contributed by atoms with Crippen LogP contribution >= 0.6 is 0 Å². The summed E-state index contributed by atoms with van der Waals surface area (Å²) >= 11 is 0. The smallest absolute Gasteiger partial charge is 0.354 e. The number of halogens is 3. The van der Waals surface area contributed by atoms with E-state index in [4.69, 9.17) is 0 Å². The normalized spacial score (nSPS) is 20.9. The summed E-state index contributed by atoms with van der Waals surface area (Å²) in [6.45, 7) is 3.65. The Labute approximate surface area is 198 Å². The third-order valence-electron chi connectivity index (χ3n) is 7.61. The van der Waals surface area contributed by atoms with E-state index in [1.54, 1.807) is 4.90 Å². The summed E-state index contributed by atoms with van der Waals surface area (Å²) < 4.78 is 40.0. The highest BCUT2D eigenvalue weighted by molar-refractivity contribution is 5.94. The summed E-state index contributed by atoms with van der Waals surface area (Å²) in [6.07, 6.45) is 3.40. The Hall–Kier alpha value is -2.61. The number of benzene rings is 1. The van der Waals surface area contributed by atoms with Gasteiger partial charge in [0.05, 0.1) is 5.56 Å². The summed E-state index contributed by atoms with van der Waals surface area (Å²) in [6, 6.07) is 10.8. The molecule has 0 atom stereocenters. The monoisotopic (exact) mass is 472 g/mol. The molecule has 0 bridgehead atoms.